The molecular formula is C23H18F3NO2S. The Hall–Kier alpha value is -2.93. The zero-order chi connectivity index (χ0) is 21.1. The highest BCUT2D eigenvalue weighted by Gasteiger charge is 2.30. The fourth-order valence-corrected chi connectivity index (χ4v) is 4.39. The van der Waals surface area contributed by atoms with Gasteiger partial charge < -0.3 is 9.64 Å². The van der Waals surface area contributed by atoms with Crippen LogP contribution in [0.4, 0.5) is 24.5 Å². The van der Waals surface area contributed by atoms with Crippen molar-refractivity contribution in [1.29, 1.82) is 0 Å². The van der Waals surface area contributed by atoms with Gasteiger partial charge in [0, 0.05) is 16.3 Å². The fraction of sp³-hybridized carbons (Fsp3) is 0.174. The van der Waals surface area contributed by atoms with Crippen LogP contribution in [0, 0.1) is 0 Å². The Labute approximate surface area is 176 Å². The zero-order valence-electron chi connectivity index (χ0n) is 15.9. The van der Waals surface area contributed by atoms with Crippen molar-refractivity contribution in [3.8, 4) is 0 Å². The van der Waals surface area contributed by atoms with Gasteiger partial charge in [0.25, 0.3) is 0 Å². The summed E-state index contributed by atoms with van der Waals surface area (Å²) in [5, 5.41) is 0. The number of hydrogen-bond acceptors (Lipinski definition) is 4. The van der Waals surface area contributed by atoms with Gasteiger partial charge in [-0.25, -0.2) is 0 Å². The second-order valence-electron chi connectivity index (χ2n) is 6.80. The smallest absolute Gasteiger partial charge is 0.416 e. The summed E-state index contributed by atoms with van der Waals surface area (Å²) in [6.07, 6.45) is -4.31. The molecular weight excluding hydrogens is 411 g/mol. The minimum absolute atomic E-state index is 0.117. The minimum atomic E-state index is -4.42. The molecule has 7 heteroatoms. The zero-order valence-corrected chi connectivity index (χ0v) is 16.7. The number of carbonyl (C=O) groups excluding carboxylic acids is 1. The minimum Gasteiger partial charge on any atom is -0.461 e. The maximum atomic E-state index is 12.8. The Morgan fingerprint density at radius 1 is 0.900 bits per heavy atom. The van der Waals surface area contributed by atoms with E-state index in [1.807, 2.05) is 48.5 Å². The second-order valence-corrected chi connectivity index (χ2v) is 7.88. The molecule has 0 N–H and O–H groups in total. The van der Waals surface area contributed by atoms with Crippen LogP contribution in [-0.2, 0) is 22.3 Å². The van der Waals surface area contributed by atoms with E-state index in [1.165, 1.54) is 12.1 Å². The monoisotopic (exact) mass is 429 g/mol. The van der Waals surface area contributed by atoms with Crippen LogP contribution in [0.25, 0.3) is 0 Å². The van der Waals surface area contributed by atoms with Crippen molar-refractivity contribution in [3.63, 3.8) is 0 Å². The number of benzene rings is 3. The van der Waals surface area contributed by atoms with Gasteiger partial charge in [-0.1, -0.05) is 48.2 Å². The number of rotatable bonds is 5. The van der Waals surface area contributed by atoms with Crippen LogP contribution in [-0.4, -0.2) is 12.5 Å². The third-order valence-corrected chi connectivity index (χ3v) is 5.86. The summed E-state index contributed by atoms with van der Waals surface area (Å²) in [7, 11) is 0. The fourth-order valence-electron chi connectivity index (χ4n) is 3.30. The van der Waals surface area contributed by atoms with Crippen LogP contribution in [0.5, 0.6) is 0 Å². The molecule has 1 aliphatic heterocycles. The molecule has 0 aliphatic carbocycles. The van der Waals surface area contributed by atoms with Crippen molar-refractivity contribution in [3.05, 3.63) is 83.9 Å². The summed E-state index contributed by atoms with van der Waals surface area (Å²) in [4.78, 5) is 16.6. The summed E-state index contributed by atoms with van der Waals surface area (Å²) in [5.74, 6) is -0.458. The van der Waals surface area contributed by atoms with Gasteiger partial charge in [0.05, 0.1) is 23.4 Å². The highest BCUT2D eigenvalue weighted by Crippen LogP contribution is 2.47. The van der Waals surface area contributed by atoms with Crippen LogP contribution < -0.4 is 4.90 Å². The van der Waals surface area contributed by atoms with Gasteiger partial charge in [-0.2, -0.15) is 13.2 Å². The molecule has 1 heterocycles. The molecule has 4 rings (SSSR count). The Morgan fingerprint density at radius 3 is 2.17 bits per heavy atom. The molecule has 0 radical (unpaired) electrons. The van der Waals surface area contributed by atoms with Gasteiger partial charge in [-0.05, 0) is 42.0 Å². The molecule has 0 bridgehead atoms. The van der Waals surface area contributed by atoms with E-state index in [0.717, 1.165) is 33.3 Å². The first-order chi connectivity index (χ1) is 14.4. The van der Waals surface area contributed by atoms with Crippen LogP contribution in [0.1, 0.15) is 17.5 Å². The number of esters is 1. The molecule has 0 aromatic heterocycles. The highest BCUT2D eigenvalue weighted by molar-refractivity contribution is 7.99. The molecule has 30 heavy (non-hydrogen) atoms. The van der Waals surface area contributed by atoms with Crippen LogP contribution in [0.3, 0.4) is 0 Å². The van der Waals surface area contributed by atoms with Crippen LogP contribution in [0.15, 0.2) is 82.6 Å². The second kappa shape index (κ2) is 8.44. The van der Waals surface area contributed by atoms with Crippen LogP contribution in [0.2, 0.25) is 0 Å². The number of fused-ring (bicyclic) bond motifs is 2. The Balaban J connectivity index is 1.41. The summed E-state index contributed by atoms with van der Waals surface area (Å²) in [6, 6.07) is 20.8. The van der Waals surface area contributed by atoms with E-state index in [4.69, 9.17) is 4.74 Å². The molecule has 154 valence electrons. The molecule has 0 saturated heterocycles. The van der Waals surface area contributed by atoms with Gasteiger partial charge >= 0.3 is 12.1 Å². The lowest BCUT2D eigenvalue weighted by atomic mass is 10.1. The molecule has 0 spiro atoms. The van der Waals surface area contributed by atoms with E-state index in [1.54, 1.807) is 11.8 Å². The first-order valence-electron chi connectivity index (χ1n) is 9.37. The first-order valence-corrected chi connectivity index (χ1v) is 10.2. The van der Waals surface area contributed by atoms with Crippen molar-refractivity contribution < 1.29 is 22.7 Å². The van der Waals surface area contributed by atoms with Gasteiger partial charge in [-0.3, -0.25) is 4.79 Å². The standard InChI is InChI=1S/C23H18F3NO2S/c24-23(25,26)17-7-5-6-16(14-17)15-29-22(28)12-13-27-18-8-1-3-10-20(18)30-21-11-4-2-9-19(21)27/h1-11,14H,12-13,15H2. The van der Waals surface area contributed by atoms with Crippen molar-refractivity contribution in [1.82, 2.24) is 0 Å². The molecule has 1 aliphatic rings. The van der Waals surface area contributed by atoms with E-state index < -0.39 is 17.7 Å². The third-order valence-electron chi connectivity index (χ3n) is 4.73. The molecule has 3 aromatic rings. The third kappa shape index (κ3) is 4.46. The molecule has 0 fully saturated rings. The van der Waals surface area contributed by atoms with E-state index in [-0.39, 0.29) is 13.0 Å². The molecule has 3 nitrogen and oxygen atoms in total. The topological polar surface area (TPSA) is 29.5 Å². The number of carbonyl (C=O) groups is 1. The number of alkyl halides is 3. The Bertz CT molecular complexity index is 1020. The normalized spacial score (nSPS) is 12.8. The lowest BCUT2D eigenvalue weighted by Gasteiger charge is -2.32. The van der Waals surface area contributed by atoms with Gasteiger partial charge in [0.2, 0.25) is 0 Å². The maximum Gasteiger partial charge on any atom is 0.416 e. The van der Waals surface area contributed by atoms with Crippen molar-refractivity contribution in [2.75, 3.05) is 11.4 Å². The number of nitrogens with zero attached hydrogens (tertiary/aromatic N) is 1. The highest BCUT2D eigenvalue weighted by atomic mass is 32.2. The van der Waals surface area contributed by atoms with E-state index in [0.29, 0.717) is 12.1 Å². The Kier molecular flexibility index (Phi) is 5.72. The molecule has 0 amide bonds. The number of halogens is 3. The quantitative estimate of drug-likeness (QED) is 0.437. The molecule has 3 aromatic carbocycles. The van der Waals surface area contributed by atoms with E-state index in [9.17, 15) is 18.0 Å². The van der Waals surface area contributed by atoms with Crippen LogP contribution >= 0.6 is 11.8 Å². The first kappa shape index (κ1) is 20.3. The van der Waals surface area contributed by atoms with Crippen molar-refractivity contribution >= 4 is 29.1 Å². The van der Waals surface area contributed by atoms with Crippen molar-refractivity contribution in [2.45, 2.75) is 29.0 Å². The number of para-hydroxylation sites is 2. The molecule has 0 unspecified atom stereocenters. The average Bonchev–Trinajstić information content (AvgIpc) is 2.75. The number of anilines is 2. The summed E-state index contributed by atoms with van der Waals surface area (Å²) in [6.45, 7) is 0.224. The summed E-state index contributed by atoms with van der Waals surface area (Å²) >= 11 is 1.68. The predicted molar refractivity (Wildman–Crippen MR) is 110 cm³/mol. The Morgan fingerprint density at radius 2 is 1.53 bits per heavy atom. The number of ether oxygens (including phenoxy) is 1. The summed E-state index contributed by atoms with van der Waals surface area (Å²) in [5.41, 5.74) is 1.59. The number of hydrogen-bond donors (Lipinski definition) is 0. The molecule has 0 saturated carbocycles. The SMILES string of the molecule is O=C(CCN1c2ccccc2Sc2ccccc21)OCc1cccc(C(F)(F)F)c1. The van der Waals surface area contributed by atoms with Crippen molar-refractivity contribution in [2.24, 2.45) is 0 Å². The van der Waals surface area contributed by atoms with Gasteiger partial charge in [0.15, 0.2) is 0 Å². The largest absolute Gasteiger partial charge is 0.461 e. The maximum absolute atomic E-state index is 12.8. The van der Waals surface area contributed by atoms with Gasteiger partial charge in [-0.15, -0.1) is 0 Å². The lowest BCUT2D eigenvalue weighted by Crippen LogP contribution is -2.24. The lowest BCUT2D eigenvalue weighted by molar-refractivity contribution is -0.144. The van der Waals surface area contributed by atoms with E-state index >= 15 is 0 Å². The van der Waals surface area contributed by atoms with Gasteiger partial charge in [0.1, 0.15) is 6.61 Å². The van der Waals surface area contributed by atoms with E-state index in [2.05, 4.69) is 4.90 Å². The summed E-state index contributed by atoms with van der Waals surface area (Å²) < 4.78 is 43.7. The predicted octanol–water partition coefficient (Wildman–Crippen LogP) is 6.44. The average molecular weight is 429 g/mol. The molecule has 0 atom stereocenters.